The van der Waals surface area contributed by atoms with Crippen LogP contribution in [0.3, 0.4) is 0 Å². The van der Waals surface area contributed by atoms with E-state index in [2.05, 4.69) is 52.7 Å². The van der Waals surface area contributed by atoms with Gasteiger partial charge in [-0.2, -0.15) is 0 Å². The van der Waals surface area contributed by atoms with Crippen molar-refractivity contribution in [2.45, 2.75) is 6.92 Å². The third-order valence-corrected chi connectivity index (χ3v) is 4.79. The highest BCUT2D eigenvalue weighted by Gasteiger charge is 2.14. The SMILES string of the molecule is C=C/C=C\c1nc(C(=C)c2cc(-c3cncc(N(C)C)c3)ccc2NC)[nH]c1C. The first-order valence-corrected chi connectivity index (χ1v) is 9.44. The molecule has 2 aromatic heterocycles. The maximum absolute atomic E-state index is 4.70. The number of imidazole rings is 1. The lowest BCUT2D eigenvalue weighted by atomic mass is 9.98. The van der Waals surface area contributed by atoms with Crippen molar-refractivity contribution >= 4 is 23.0 Å². The van der Waals surface area contributed by atoms with Crippen LogP contribution in [-0.4, -0.2) is 36.1 Å². The Morgan fingerprint density at radius 3 is 2.66 bits per heavy atom. The Bertz CT molecular complexity index is 1070. The first kappa shape index (κ1) is 20.1. The molecule has 0 unspecified atom stereocenters. The summed E-state index contributed by atoms with van der Waals surface area (Å²) in [5.41, 5.74) is 7.87. The number of nitrogens with one attached hydrogen (secondary N) is 2. The summed E-state index contributed by atoms with van der Waals surface area (Å²) in [6.07, 6.45) is 9.28. The number of aromatic amines is 1. The lowest BCUT2D eigenvalue weighted by molar-refractivity contribution is 1.11. The monoisotopic (exact) mass is 385 g/mol. The summed E-state index contributed by atoms with van der Waals surface area (Å²) in [6, 6.07) is 8.40. The highest BCUT2D eigenvalue weighted by atomic mass is 15.1. The van der Waals surface area contributed by atoms with Gasteiger partial charge in [0.1, 0.15) is 5.82 Å². The fraction of sp³-hybridized carbons (Fsp3) is 0.167. The molecule has 3 rings (SSSR count). The Morgan fingerprint density at radius 1 is 1.17 bits per heavy atom. The van der Waals surface area contributed by atoms with Crippen molar-refractivity contribution < 1.29 is 0 Å². The number of anilines is 2. The van der Waals surface area contributed by atoms with Crippen molar-refractivity contribution in [1.29, 1.82) is 0 Å². The van der Waals surface area contributed by atoms with Gasteiger partial charge in [-0.05, 0) is 36.8 Å². The molecule has 3 aromatic rings. The first-order valence-electron chi connectivity index (χ1n) is 9.44. The van der Waals surface area contributed by atoms with Gasteiger partial charge >= 0.3 is 0 Å². The molecule has 29 heavy (non-hydrogen) atoms. The van der Waals surface area contributed by atoms with Crippen LogP contribution in [0.1, 0.15) is 22.8 Å². The first-order chi connectivity index (χ1) is 13.9. The molecule has 0 aliphatic rings. The van der Waals surface area contributed by atoms with Crippen LogP contribution in [0.25, 0.3) is 22.8 Å². The van der Waals surface area contributed by atoms with E-state index < -0.39 is 0 Å². The topological polar surface area (TPSA) is 56.8 Å². The van der Waals surface area contributed by atoms with Crippen LogP contribution in [0.15, 0.2) is 62.0 Å². The van der Waals surface area contributed by atoms with Gasteiger partial charge in [0.2, 0.25) is 0 Å². The number of allylic oxidation sites excluding steroid dienone is 2. The standard InChI is InChI=1S/C24H27N5/c1-7-8-9-22-17(3)27-24(28-22)16(2)21-13-18(10-11-23(21)25-4)19-12-20(29(5)6)15-26-14-19/h7-15,25H,1-2H2,3-6H3,(H,27,28)/b9-8-. The number of aryl methyl sites for hydroxylation is 1. The third kappa shape index (κ3) is 4.29. The van der Waals surface area contributed by atoms with Crippen molar-refractivity contribution in [3.05, 3.63) is 84.7 Å². The Hall–Kier alpha value is -3.60. The van der Waals surface area contributed by atoms with E-state index >= 15 is 0 Å². The van der Waals surface area contributed by atoms with E-state index in [1.165, 1.54) is 0 Å². The maximum Gasteiger partial charge on any atom is 0.138 e. The molecule has 148 valence electrons. The second-order valence-corrected chi connectivity index (χ2v) is 7.01. The molecule has 0 bridgehead atoms. The van der Waals surface area contributed by atoms with Crippen molar-refractivity contribution in [3.63, 3.8) is 0 Å². The Labute approximate surface area is 172 Å². The quantitative estimate of drug-likeness (QED) is 0.552. The number of H-pyrrole nitrogens is 1. The van der Waals surface area contributed by atoms with Gasteiger partial charge in [-0.3, -0.25) is 4.98 Å². The second-order valence-electron chi connectivity index (χ2n) is 7.01. The van der Waals surface area contributed by atoms with Crippen molar-refractivity contribution in [3.8, 4) is 11.1 Å². The minimum absolute atomic E-state index is 0.750. The smallest absolute Gasteiger partial charge is 0.138 e. The van der Waals surface area contributed by atoms with Crippen LogP contribution >= 0.6 is 0 Å². The highest BCUT2D eigenvalue weighted by molar-refractivity contribution is 5.86. The van der Waals surface area contributed by atoms with Crippen molar-refractivity contribution in [2.24, 2.45) is 0 Å². The zero-order chi connectivity index (χ0) is 21.0. The summed E-state index contributed by atoms with van der Waals surface area (Å²) in [5.74, 6) is 0.750. The predicted octanol–water partition coefficient (Wildman–Crippen LogP) is 5.15. The average molecular weight is 386 g/mol. The fourth-order valence-corrected chi connectivity index (χ4v) is 3.09. The molecule has 0 fully saturated rings. The van der Waals surface area contributed by atoms with Gasteiger partial charge in [0.25, 0.3) is 0 Å². The second kappa shape index (κ2) is 8.61. The lowest BCUT2D eigenvalue weighted by Crippen LogP contribution is -2.08. The van der Waals surface area contributed by atoms with Gasteiger partial charge in [-0.1, -0.05) is 31.4 Å². The van der Waals surface area contributed by atoms with Gasteiger partial charge < -0.3 is 15.2 Å². The number of hydrogen-bond acceptors (Lipinski definition) is 4. The van der Waals surface area contributed by atoms with Crippen molar-refractivity contribution in [1.82, 2.24) is 15.0 Å². The molecule has 1 aromatic carbocycles. The summed E-state index contributed by atoms with van der Waals surface area (Å²) in [7, 11) is 5.93. The Balaban J connectivity index is 2.04. The van der Waals surface area contributed by atoms with Gasteiger partial charge in [0, 0.05) is 55.4 Å². The molecule has 2 heterocycles. The Kier molecular flexibility index (Phi) is 5.98. The van der Waals surface area contributed by atoms with E-state index in [9.17, 15) is 0 Å². The molecule has 0 radical (unpaired) electrons. The minimum atomic E-state index is 0.750. The zero-order valence-electron chi connectivity index (χ0n) is 17.5. The third-order valence-electron chi connectivity index (χ3n) is 4.79. The minimum Gasteiger partial charge on any atom is -0.388 e. The van der Waals surface area contributed by atoms with Crippen LogP contribution < -0.4 is 10.2 Å². The maximum atomic E-state index is 4.70. The molecule has 0 saturated carbocycles. The molecule has 0 amide bonds. The highest BCUT2D eigenvalue weighted by Crippen LogP contribution is 2.32. The van der Waals surface area contributed by atoms with Crippen LogP contribution in [0.5, 0.6) is 0 Å². The van der Waals surface area contributed by atoms with Crippen LogP contribution in [-0.2, 0) is 0 Å². The van der Waals surface area contributed by atoms with Crippen molar-refractivity contribution in [2.75, 3.05) is 31.4 Å². The van der Waals surface area contributed by atoms with Gasteiger partial charge in [0.15, 0.2) is 0 Å². The number of pyridine rings is 1. The molecule has 5 heteroatoms. The predicted molar refractivity (Wildman–Crippen MR) is 124 cm³/mol. The van der Waals surface area contributed by atoms with Gasteiger partial charge in [-0.15, -0.1) is 0 Å². The molecule has 2 N–H and O–H groups in total. The van der Waals surface area contributed by atoms with E-state index in [-0.39, 0.29) is 0 Å². The molecule has 0 spiro atoms. The van der Waals surface area contributed by atoms with Gasteiger partial charge in [-0.25, -0.2) is 4.98 Å². The normalized spacial score (nSPS) is 10.9. The van der Waals surface area contributed by atoms with E-state index in [0.717, 1.165) is 50.9 Å². The summed E-state index contributed by atoms with van der Waals surface area (Å²) < 4.78 is 0. The van der Waals surface area contributed by atoms with E-state index in [1.807, 2.05) is 57.5 Å². The van der Waals surface area contributed by atoms with E-state index in [4.69, 9.17) is 4.98 Å². The van der Waals surface area contributed by atoms with E-state index in [1.54, 1.807) is 6.08 Å². The van der Waals surface area contributed by atoms with Crippen LogP contribution in [0.2, 0.25) is 0 Å². The van der Waals surface area contributed by atoms with Crippen LogP contribution in [0.4, 0.5) is 11.4 Å². The summed E-state index contributed by atoms with van der Waals surface area (Å²) in [6.45, 7) is 10.0. The number of nitrogens with zero attached hydrogens (tertiary/aromatic N) is 3. The van der Waals surface area contributed by atoms with Crippen LogP contribution in [0, 0.1) is 6.92 Å². The van der Waals surface area contributed by atoms with Gasteiger partial charge in [0.05, 0.1) is 17.6 Å². The number of rotatable bonds is 7. The fourth-order valence-electron chi connectivity index (χ4n) is 3.09. The summed E-state index contributed by atoms with van der Waals surface area (Å²) in [4.78, 5) is 14.5. The van der Waals surface area contributed by atoms with E-state index in [0.29, 0.717) is 0 Å². The molecule has 0 atom stereocenters. The summed E-state index contributed by atoms with van der Waals surface area (Å²) >= 11 is 0. The molecule has 5 nitrogen and oxygen atoms in total. The number of benzene rings is 1. The summed E-state index contributed by atoms with van der Waals surface area (Å²) in [5, 5.41) is 3.26. The average Bonchev–Trinajstić information content (AvgIpc) is 3.11. The molecular formula is C24H27N5. The number of aromatic nitrogens is 3. The largest absolute Gasteiger partial charge is 0.388 e. The lowest BCUT2D eigenvalue weighted by Gasteiger charge is -2.15. The molecular weight excluding hydrogens is 358 g/mol. The molecule has 0 aliphatic carbocycles. The molecule has 0 saturated heterocycles. The Morgan fingerprint density at radius 2 is 1.97 bits per heavy atom. The molecule has 0 aliphatic heterocycles. The number of hydrogen-bond donors (Lipinski definition) is 2. The zero-order valence-corrected chi connectivity index (χ0v) is 17.5.